The zero-order valence-corrected chi connectivity index (χ0v) is 12.1. The lowest BCUT2D eigenvalue weighted by Crippen LogP contribution is -2.45. The van der Waals surface area contributed by atoms with Crippen LogP contribution in [0.15, 0.2) is 0 Å². The largest absolute Gasteiger partial charge is 0.380 e. The summed E-state index contributed by atoms with van der Waals surface area (Å²) in [4.78, 5) is 12.0. The van der Waals surface area contributed by atoms with Crippen LogP contribution in [0.1, 0.15) is 57.8 Å². The van der Waals surface area contributed by atoms with Gasteiger partial charge in [0.05, 0.1) is 12.6 Å². The van der Waals surface area contributed by atoms with Crippen molar-refractivity contribution in [2.24, 2.45) is 0 Å². The summed E-state index contributed by atoms with van der Waals surface area (Å²) in [5.74, 6) is 0.147. The van der Waals surface area contributed by atoms with Crippen molar-refractivity contribution in [2.45, 2.75) is 76.0 Å². The molecule has 0 aromatic rings. The Morgan fingerprint density at radius 3 is 2.47 bits per heavy atom. The van der Waals surface area contributed by atoms with Crippen molar-refractivity contribution < 1.29 is 9.53 Å². The van der Waals surface area contributed by atoms with Crippen LogP contribution in [0.25, 0.3) is 0 Å². The molecule has 0 aromatic heterocycles. The molecule has 4 heteroatoms. The number of methoxy groups -OCH3 is 1. The number of nitrogens with one attached hydrogen (secondary N) is 2. The third-order valence-corrected chi connectivity index (χ3v) is 4.50. The molecule has 2 N–H and O–H groups in total. The van der Waals surface area contributed by atoms with Crippen LogP contribution >= 0.6 is 0 Å². The van der Waals surface area contributed by atoms with Gasteiger partial charge in [0.15, 0.2) is 0 Å². The van der Waals surface area contributed by atoms with Crippen LogP contribution in [-0.4, -0.2) is 37.7 Å². The zero-order valence-electron chi connectivity index (χ0n) is 12.1. The van der Waals surface area contributed by atoms with Crippen molar-refractivity contribution in [2.75, 3.05) is 13.7 Å². The highest BCUT2D eigenvalue weighted by atomic mass is 16.5. The Labute approximate surface area is 116 Å². The first kappa shape index (κ1) is 14.8. The van der Waals surface area contributed by atoms with E-state index in [0.29, 0.717) is 18.6 Å². The second kappa shape index (κ2) is 7.85. The molecule has 4 nitrogen and oxygen atoms in total. The first-order valence-corrected chi connectivity index (χ1v) is 7.85. The van der Waals surface area contributed by atoms with Gasteiger partial charge in [0, 0.05) is 19.2 Å². The van der Waals surface area contributed by atoms with E-state index in [1.165, 1.54) is 32.1 Å². The van der Waals surface area contributed by atoms with Crippen molar-refractivity contribution in [3.63, 3.8) is 0 Å². The summed E-state index contributed by atoms with van der Waals surface area (Å²) >= 11 is 0. The van der Waals surface area contributed by atoms with E-state index in [-0.39, 0.29) is 12.0 Å². The lowest BCUT2D eigenvalue weighted by Gasteiger charge is -2.21. The lowest BCUT2D eigenvalue weighted by atomic mass is 10.1. The summed E-state index contributed by atoms with van der Waals surface area (Å²) < 4.78 is 5.43. The average Bonchev–Trinajstić information content (AvgIpc) is 2.72. The van der Waals surface area contributed by atoms with Gasteiger partial charge in [-0.1, -0.05) is 25.7 Å². The number of carbonyl (C=O) groups is 1. The fourth-order valence-corrected chi connectivity index (χ4v) is 3.37. The molecule has 2 rings (SSSR count). The van der Waals surface area contributed by atoms with Crippen LogP contribution in [0.4, 0.5) is 0 Å². The van der Waals surface area contributed by atoms with E-state index in [9.17, 15) is 4.79 Å². The molecule has 2 saturated carbocycles. The zero-order chi connectivity index (χ0) is 13.5. The van der Waals surface area contributed by atoms with E-state index >= 15 is 0 Å². The van der Waals surface area contributed by atoms with Crippen molar-refractivity contribution >= 4 is 5.91 Å². The SMILES string of the molecule is COC1CCCC1NCC(=O)NC1CCCCCC1. The van der Waals surface area contributed by atoms with Gasteiger partial charge in [-0.05, 0) is 32.1 Å². The molecule has 2 atom stereocenters. The Morgan fingerprint density at radius 2 is 1.79 bits per heavy atom. The minimum Gasteiger partial charge on any atom is -0.380 e. The maximum atomic E-state index is 12.0. The van der Waals surface area contributed by atoms with Gasteiger partial charge in [-0.25, -0.2) is 0 Å². The molecule has 0 heterocycles. The predicted molar refractivity (Wildman–Crippen MR) is 76.1 cm³/mol. The standard InChI is InChI=1S/C15H28N2O2/c1-19-14-10-6-9-13(14)16-11-15(18)17-12-7-4-2-3-5-8-12/h12-14,16H,2-11H2,1H3,(H,17,18). The van der Waals surface area contributed by atoms with Gasteiger partial charge in [-0.3, -0.25) is 4.79 Å². The second-order valence-corrected chi connectivity index (χ2v) is 5.95. The summed E-state index contributed by atoms with van der Waals surface area (Å²) in [5, 5.41) is 6.52. The number of hydrogen-bond acceptors (Lipinski definition) is 3. The monoisotopic (exact) mass is 268 g/mol. The Bertz CT molecular complexity index is 275. The van der Waals surface area contributed by atoms with Gasteiger partial charge >= 0.3 is 0 Å². The summed E-state index contributed by atoms with van der Waals surface area (Å²) in [7, 11) is 1.76. The van der Waals surface area contributed by atoms with Crippen LogP contribution in [0.2, 0.25) is 0 Å². The van der Waals surface area contributed by atoms with E-state index in [1.54, 1.807) is 7.11 Å². The highest BCUT2D eigenvalue weighted by Crippen LogP contribution is 2.21. The van der Waals surface area contributed by atoms with Crippen LogP contribution in [0, 0.1) is 0 Å². The van der Waals surface area contributed by atoms with Gasteiger partial charge in [0.2, 0.25) is 5.91 Å². The molecule has 0 bridgehead atoms. The second-order valence-electron chi connectivity index (χ2n) is 5.95. The molecule has 2 fully saturated rings. The topological polar surface area (TPSA) is 50.4 Å². The van der Waals surface area contributed by atoms with E-state index in [2.05, 4.69) is 10.6 Å². The number of amides is 1. The summed E-state index contributed by atoms with van der Waals surface area (Å²) in [6.07, 6.45) is 11.2. The van der Waals surface area contributed by atoms with Crippen molar-refractivity contribution in [1.82, 2.24) is 10.6 Å². The quantitative estimate of drug-likeness (QED) is 0.750. The lowest BCUT2D eigenvalue weighted by molar-refractivity contribution is -0.121. The minimum atomic E-state index is 0.147. The predicted octanol–water partition coefficient (Wildman–Crippen LogP) is 1.98. The normalized spacial score (nSPS) is 29.1. The fourth-order valence-electron chi connectivity index (χ4n) is 3.37. The maximum Gasteiger partial charge on any atom is 0.234 e. The van der Waals surface area contributed by atoms with E-state index in [4.69, 9.17) is 4.74 Å². The number of carbonyl (C=O) groups excluding carboxylic acids is 1. The Balaban J connectivity index is 1.66. The molecule has 0 spiro atoms. The first-order valence-electron chi connectivity index (χ1n) is 7.85. The molecule has 2 unspecified atom stereocenters. The summed E-state index contributed by atoms with van der Waals surface area (Å²) in [6, 6.07) is 0.753. The van der Waals surface area contributed by atoms with Crippen molar-refractivity contribution in [1.29, 1.82) is 0 Å². The van der Waals surface area contributed by atoms with Gasteiger partial charge in [-0.2, -0.15) is 0 Å². The summed E-state index contributed by atoms with van der Waals surface area (Å²) in [6.45, 7) is 0.432. The Morgan fingerprint density at radius 1 is 1.05 bits per heavy atom. The van der Waals surface area contributed by atoms with Crippen molar-refractivity contribution in [3.8, 4) is 0 Å². The van der Waals surface area contributed by atoms with E-state index in [0.717, 1.165) is 25.7 Å². The van der Waals surface area contributed by atoms with Crippen LogP contribution < -0.4 is 10.6 Å². The number of rotatable bonds is 5. The highest BCUT2D eigenvalue weighted by Gasteiger charge is 2.27. The van der Waals surface area contributed by atoms with E-state index < -0.39 is 0 Å². The third-order valence-electron chi connectivity index (χ3n) is 4.50. The number of ether oxygens (including phenoxy) is 1. The summed E-state index contributed by atoms with van der Waals surface area (Å²) in [5.41, 5.74) is 0. The number of hydrogen-bond donors (Lipinski definition) is 2. The molecule has 0 aliphatic heterocycles. The van der Waals surface area contributed by atoms with Gasteiger partial charge in [0.25, 0.3) is 0 Å². The van der Waals surface area contributed by atoms with Gasteiger partial charge < -0.3 is 15.4 Å². The highest BCUT2D eigenvalue weighted by molar-refractivity contribution is 5.78. The Kier molecular flexibility index (Phi) is 6.11. The fraction of sp³-hybridized carbons (Fsp3) is 0.933. The molecule has 0 saturated heterocycles. The van der Waals surface area contributed by atoms with Crippen LogP contribution in [0.3, 0.4) is 0 Å². The maximum absolute atomic E-state index is 12.0. The molecule has 2 aliphatic carbocycles. The molecule has 2 aliphatic rings. The average molecular weight is 268 g/mol. The first-order chi connectivity index (χ1) is 9.29. The molecule has 110 valence electrons. The molecule has 0 aromatic carbocycles. The molecule has 19 heavy (non-hydrogen) atoms. The Hall–Kier alpha value is -0.610. The van der Waals surface area contributed by atoms with Gasteiger partial charge in [0.1, 0.15) is 0 Å². The van der Waals surface area contributed by atoms with E-state index in [1.807, 2.05) is 0 Å². The van der Waals surface area contributed by atoms with Gasteiger partial charge in [-0.15, -0.1) is 0 Å². The molecule has 1 amide bonds. The molecule has 0 radical (unpaired) electrons. The smallest absolute Gasteiger partial charge is 0.234 e. The van der Waals surface area contributed by atoms with Crippen LogP contribution in [-0.2, 0) is 9.53 Å². The van der Waals surface area contributed by atoms with Crippen molar-refractivity contribution in [3.05, 3.63) is 0 Å². The molecular formula is C15H28N2O2. The third kappa shape index (κ3) is 4.77. The minimum absolute atomic E-state index is 0.147. The van der Waals surface area contributed by atoms with Crippen LogP contribution in [0.5, 0.6) is 0 Å². The molecular weight excluding hydrogens is 240 g/mol.